The summed E-state index contributed by atoms with van der Waals surface area (Å²) in [6.07, 6.45) is -1.68. The zero-order valence-corrected chi connectivity index (χ0v) is 11.0. The standard InChI is InChI=1S/C12H21F3S/c1-4-5-11(8-10(2)3)9-16-7-6-12(13,14)15/h9-10H,4-8H2,1-3H3/b11-9-. The predicted octanol–water partition coefficient (Wildman–Crippen LogP) is 5.40. The lowest BCUT2D eigenvalue weighted by Gasteiger charge is -2.09. The van der Waals surface area contributed by atoms with E-state index in [2.05, 4.69) is 20.8 Å². The van der Waals surface area contributed by atoms with Gasteiger partial charge in [-0.1, -0.05) is 32.8 Å². The molecule has 0 atom stereocenters. The number of alkyl halides is 3. The molecule has 0 fully saturated rings. The first-order chi connectivity index (χ1) is 7.35. The predicted molar refractivity (Wildman–Crippen MR) is 65.6 cm³/mol. The minimum atomic E-state index is -4.02. The Hall–Kier alpha value is -0.120. The van der Waals surface area contributed by atoms with Gasteiger partial charge in [-0.05, 0) is 24.2 Å². The molecule has 0 aromatic rings. The maximum atomic E-state index is 11.9. The van der Waals surface area contributed by atoms with Gasteiger partial charge in [-0.25, -0.2) is 0 Å². The summed E-state index contributed by atoms with van der Waals surface area (Å²) in [5.74, 6) is 0.704. The van der Waals surface area contributed by atoms with Crippen LogP contribution >= 0.6 is 11.8 Å². The van der Waals surface area contributed by atoms with E-state index in [-0.39, 0.29) is 5.75 Å². The average molecular weight is 254 g/mol. The Labute approximate surface area is 101 Å². The molecule has 16 heavy (non-hydrogen) atoms. The lowest BCUT2D eigenvalue weighted by Crippen LogP contribution is -2.07. The van der Waals surface area contributed by atoms with Crippen LogP contribution in [0.4, 0.5) is 13.2 Å². The van der Waals surface area contributed by atoms with Gasteiger partial charge < -0.3 is 0 Å². The van der Waals surface area contributed by atoms with Crippen LogP contribution in [0, 0.1) is 5.92 Å². The van der Waals surface area contributed by atoms with E-state index in [4.69, 9.17) is 0 Å². The van der Waals surface area contributed by atoms with Gasteiger partial charge in [0.15, 0.2) is 0 Å². The third-order valence-electron chi connectivity index (χ3n) is 1.99. The molecule has 0 aliphatic rings. The highest BCUT2D eigenvalue weighted by Gasteiger charge is 2.25. The lowest BCUT2D eigenvalue weighted by molar-refractivity contribution is -0.129. The molecule has 0 aromatic carbocycles. The van der Waals surface area contributed by atoms with Crippen molar-refractivity contribution in [3.8, 4) is 0 Å². The van der Waals surface area contributed by atoms with Crippen LogP contribution < -0.4 is 0 Å². The first-order valence-corrected chi connectivity index (χ1v) is 6.76. The van der Waals surface area contributed by atoms with Gasteiger partial charge in [0.25, 0.3) is 0 Å². The average Bonchev–Trinajstić information content (AvgIpc) is 2.10. The van der Waals surface area contributed by atoms with E-state index in [1.165, 1.54) is 17.3 Å². The molecule has 0 rings (SSSR count). The van der Waals surface area contributed by atoms with Crippen molar-refractivity contribution >= 4 is 11.8 Å². The van der Waals surface area contributed by atoms with E-state index in [0.29, 0.717) is 5.92 Å². The fourth-order valence-corrected chi connectivity index (χ4v) is 2.32. The normalized spacial score (nSPS) is 13.6. The SMILES string of the molecule is CCC/C(=C/SCCC(F)(F)F)CC(C)C. The topological polar surface area (TPSA) is 0 Å². The summed E-state index contributed by atoms with van der Waals surface area (Å²) in [5, 5.41) is 1.93. The second kappa shape index (κ2) is 8.04. The first-order valence-electron chi connectivity index (χ1n) is 5.71. The van der Waals surface area contributed by atoms with Crippen molar-refractivity contribution in [1.82, 2.24) is 0 Å². The fraction of sp³-hybridized carbons (Fsp3) is 0.833. The molecule has 0 heterocycles. The highest BCUT2D eigenvalue weighted by atomic mass is 32.2. The molecule has 0 nitrogen and oxygen atoms in total. The zero-order chi connectivity index (χ0) is 12.6. The van der Waals surface area contributed by atoms with Crippen LogP contribution in [0.25, 0.3) is 0 Å². The molecule has 0 saturated carbocycles. The van der Waals surface area contributed by atoms with Gasteiger partial charge in [0.2, 0.25) is 0 Å². The quantitative estimate of drug-likeness (QED) is 0.548. The van der Waals surface area contributed by atoms with E-state index in [1.807, 2.05) is 5.41 Å². The van der Waals surface area contributed by atoms with E-state index < -0.39 is 12.6 Å². The first kappa shape index (κ1) is 15.9. The summed E-state index contributed by atoms with van der Waals surface area (Å²) < 4.78 is 35.7. The maximum Gasteiger partial charge on any atom is 0.389 e. The van der Waals surface area contributed by atoms with E-state index in [1.54, 1.807) is 0 Å². The second-order valence-electron chi connectivity index (χ2n) is 4.36. The minimum absolute atomic E-state index is 0.134. The molecule has 0 unspecified atom stereocenters. The highest BCUT2D eigenvalue weighted by Crippen LogP contribution is 2.25. The number of hydrogen-bond acceptors (Lipinski definition) is 1. The van der Waals surface area contributed by atoms with Gasteiger partial charge in [0.05, 0.1) is 6.42 Å². The minimum Gasteiger partial charge on any atom is -0.171 e. The van der Waals surface area contributed by atoms with Gasteiger partial charge in [-0.15, -0.1) is 11.8 Å². The molecule has 4 heteroatoms. The van der Waals surface area contributed by atoms with Crippen LogP contribution in [0.1, 0.15) is 46.5 Å². The van der Waals surface area contributed by atoms with Crippen molar-refractivity contribution in [3.05, 3.63) is 11.0 Å². The third-order valence-corrected chi connectivity index (χ3v) is 2.93. The Balaban J connectivity index is 3.94. The molecule has 0 aliphatic carbocycles. The van der Waals surface area contributed by atoms with Crippen molar-refractivity contribution in [1.29, 1.82) is 0 Å². The van der Waals surface area contributed by atoms with Crippen molar-refractivity contribution in [2.75, 3.05) is 5.75 Å². The molecule has 0 bridgehead atoms. The largest absolute Gasteiger partial charge is 0.389 e. The third kappa shape index (κ3) is 10.4. The van der Waals surface area contributed by atoms with Gasteiger partial charge in [0, 0.05) is 5.75 Å². The molecular weight excluding hydrogens is 233 g/mol. The maximum absolute atomic E-state index is 11.9. The Bertz CT molecular complexity index is 207. The van der Waals surface area contributed by atoms with Gasteiger partial charge in [-0.3, -0.25) is 0 Å². The fourth-order valence-electron chi connectivity index (χ4n) is 1.41. The van der Waals surface area contributed by atoms with Crippen molar-refractivity contribution < 1.29 is 13.2 Å². The van der Waals surface area contributed by atoms with Crippen molar-refractivity contribution in [2.45, 2.75) is 52.6 Å². The summed E-state index contributed by atoms with van der Waals surface area (Å²) in [6, 6.07) is 0. The molecule has 0 spiro atoms. The van der Waals surface area contributed by atoms with Gasteiger partial charge >= 0.3 is 6.18 Å². The monoisotopic (exact) mass is 254 g/mol. The lowest BCUT2D eigenvalue weighted by atomic mass is 10.0. The number of halogens is 3. The Morgan fingerprint density at radius 1 is 1.31 bits per heavy atom. The van der Waals surface area contributed by atoms with Crippen LogP contribution in [0.5, 0.6) is 0 Å². The molecular formula is C12H21F3S. The Kier molecular flexibility index (Phi) is 7.98. The smallest absolute Gasteiger partial charge is 0.171 e. The molecule has 96 valence electrons. The Morgan fingerprint density at radius 2 is 1.94 bits per heavy atom. The summed E-state index contributed by atoms with van der Waals surface area (Å²) in [7, 11) is 0. The van der Waals surface area contributed by atoms with Crippen LogP contribution in [0.15, 0.2) is 11.0 Å². The number of rotatable bonds is 7. The van der Waals surface area contributed by atoms with E-state index in [9.17, 15) is 13.2 Å². The van der Waals surface area contributed by atoms with Crippen LogP contribution in [-0.2, 0) is 0 Å². The number of allylic oxidation sites excluding steroid dienone is 1. The molecule has 0 aliphatic heterocycles. The zero-order valence-electron chi connectivity index (χ0n) is 10.2. The van der Waals surface area contributed by atoms with E-state index in [0.717, 1.165) is 19.3 Å². The summed E-state index contributed by atoms with van der Waals surface area (Å²) in [5.41, 5.74) is 1.28. The summed E-state index contributed by atoms with van der Waals surface area (Å²) >= 11 is 1.29. The number of hydrogen-bond donors (Lipinski definition) is 0. The van der Waals surface area contributed by atoms with Crippen molar-refractivity contribution in [2.24, 2.45) is 5.92 Å². The van der Waals surface area contributed by atoms with Crippen LogP contribution in [0.3, 0.4) is 0 Å². The highest BCUT2D eigenvalue weighted by molar-refractivity contribution is 8.02. The van der Waals surface area contributed by atoms with Crippen LogP contribution in [0.2, 0.25) is 0 Å². The molecule has 0 aromatic heterocycles. The van der Waals surface area contributed by atoms with Crippen molar-refractivity contribution in [3.63, 3.8) is 0 Å². The second-order valence-corrected chi connectivity index (χ2v) is 5.34. The molecule has 0 saturated heterocycles. The van der Waals surface area contributed by atoms with Gasteiger partial charge in [0.1, 0.15) is 0 Å². The molecule has 0 amide bonds. The van der Waals surface area contributed by atoms with Crippen LogP contribution in [-0.4, -0.2) is 11.9 Å². The van der Waals surface area contributed by atoms with E-state index >= 15 is 0 Å². The number of thioether (sulfide) groups is 1. The van der Waals surface area contributed by atoms with Gasteiger partial charge in [-0.2, -0.15) is 13.2 Å². The summed E-state index contributed by atoms with van der Waals surface area (Å²) in [4.78, 5) is 0. The Morgan fingerprint density at radius 3 is 2.38 bits per heavy atom. The molecule has 0 radical (unpaired) electrons. The molecule has 0 N–H and O–H groups in total. The summed E-state index contributed by atoms with van der Waals surface area (Å²) in [6.45, 7) is 6.35.